The molecule has 1 unspecified atom stereocenters. The van der Waals surface area contributed by atoms with E-state index in [1.54, 1.807) is 0 Å². The summed E-state index contributed by atoms with van der Waals surface area (Å²) in [6.45, 7) is 1.60. The van der Waals surface area contributed by atoms with Crippen LogP contribution >= 0.6 is 0 Å². The highest BCUT2D eigenvalue weighted by molar-refractivity contribution is 5.69. The molecule has 0 saturated heterocycles. The number of amides is 1. The molecule has 1 fully saturated rings. The van der Waals surface area contributed by atoms with E-state index < -0.39 is 0 Å². The van der Waals surface area contributed by atoms with Crippen LogP contribution in [0.5, 0.6) is 0 Å². The molecule has 1 amide bonds. The summed E-state index contributed by atoms with van der Waals surface area (Å²) in [6, 6.07) is 18.5. The number of fused-ring (bicyclic) bond motifs is 1. The third kappa shape index (κ3) is 5.13. The lowest BCUT2D eigenvalue weighted by Gasteiger charge is -2.36. The second kappa shape index (κ2) is 9.67. The maximum Gasteiger partial charge on any atom is 0.407 e. The summed E-state index contributed by atoms with van der Waals surface area (Å²) in [5.74, 6) is 0. The van der Waals surface area contributed by atoms with E-state index in [1.807, 2.05) is 24.3 Å². The summed E-state index contributed by atoms with van der Waals surface area (Å²) in [5.41, 5.74) is 4.21. The third-order valence-corrected chi connectivity index (χ3v) is 6.12. The van der Waals surface area contributed by atoms with Crippen molar-refractivity contribution < 1.29 is 9.53 Å². The lowest BCUT2D eigenvalue weighted by Crippen LogP contribution is -2.49. The molecule has 1 aliphatic heterocycles. The van der Waals surface area contributed by atoms with Gasteiger partial charge in [-0.05, 0) is 67.9 Å². The first kappa shape index (κ1) is 20.3. The number of ether oxygens (including phenoxy) is 1. The van der Waals surface area contributed by atoms with Crippen molar-refractivity contribution in [3.05, 3.63) is 65.2 Å². The Morgan fingerprint density at radius 3 is 2.70 bits per heavy atom. The van der Waals surface area contributed by atoms with Crippen LogP contribution in [0, 0.1) is 11.3 Å². The molecule has 1 atom stereocenters. The van der Waals surface area contributed by atoms with Crippen molar-refractivity contribution in [1.29, 1.82) is 5.26 Å². The number of nitrogens with zero attached hydrogens (tertiary/aromatic N) is 2. The Morgan fingerprint density at radius 1 is 1.13 bits per heavy atom. The Balaban J connectivity index is 1.44. The highest BCUT2D eigenvalue weighted by Crippen LogP contribution is 2.29. The van der Waals surface area contributed by atoms with Crippen LogP contribution < -0.4 is 10.2 Å². The van der Waals surface area contributed by atoms with Crippen molar-refractivity contribution in [1.82, 2.24) is 5.32 Å². The second-order valence-corrected chi connectivity index (χ2v) is 8.35. The van der Waals surface area contributed by atoms with Crippen molar-refractivity contribution in [3.63, 3.8) is 0 Å². The van der Waals surface area contributed by atoms with Crippen LogP contribution in [0.25, 0.3) is 0 Å². The van der Waals surface area contributed by atoms with Gasteiger partial charge in [-0.2, -0.15) is 5.26 Å². The second-order valence-electron chi connectivity index (χ2n) is 8.35. The molecule has 1 aliphatic carbocycles. The maximum atomic E-state index is 12.5. The largest absolute Gasteiger partial charge is 0.446 e. The van der Waals surface area contributed by atoms with Gasteiger partial charge in [0.25, 0.3) is 0 Å². The molecule has 156 valence electrons. The normalized spacial score (nSPS) is 18.9. The standard InChI is InChI=1S/C25H29N3O2/c26-17-20-11-12-24-21(15-20)16-22(27-25(29)30-23-9-5-2-6-10-23)18-28(24)14-13-19-7-3-1-4-8-19/h1,3-4,7-8,11-12,15,22-23H,2,5-6,9-10,13-14,16,18H2,(H,27,29). The zero-order chi connectivity index (χ0) is 20.8. The number of alkyl carbamates (subject to hydrolysis) is 1. The van der Waals surface area contributed by atoms with Crippen LogP contribution in [0.2, 0.25) is 0 Å². The molecule has 1 heterocycles. The van der Waals surface area contributed by atoms with E-state index in [1.165, 1.54) is 12.0 Å². The molecule has 2 aromatic rings. The first-order valence-electron chi connectivity index (χ1n) is 11.0. The fourth-order valence-corrected chi connectivity index (χ4v) is 4.57. The number of anilines is 1. The number of rotatable bonds is 5. The molecular formula is C25H29N3O2. The molecule has 4 rings (SSSR count). The zero-order valence-corrected chi connectivity index (χ0v) is 17.3. The highest BCUT2D eigenvalue weighted by Gasteiger charge is 2.27. The Kier molecular flexibility index (Phi) is 6.53. The van der Waals surface area contributed by atoms with Crippen LogP contribution in [0.15, 0.2) is 48.5 Å². The third-order valence-electron chi connectivity index (χ3n) is 6.12. The van der Waals surface area contributed by atoms with Crippen LogP contribution in [0.4, 0.5) is 10.5 Å². The molecule has 0 aromatic heterocycles. The summed E-state index contributed by atoms with van der Waals surface area (Å²) in [6.07, 6.45) is 6.83. The number of benzene rings is 2. The number of hydrogen-bond acceptors (Lipinski definition) is 4. The average molecular weight is 404 g/mol. The van der Waals surface area contributed by atoms with Crippen LogP contribution in [-0.4, -0.2) is 31.3 Å². The molecule has 0 spiro atoms. The van der Waals surface area contributed by atoms with E-state index >= 15 is 0 Å². The molecule has 0 bridgehead atoms. The van der Waals surface area contributed by atoms with Gasteiger partial charge in [-0.25, -0.2) is 4.79 Å². The minimum atomic E-state index is -0.310. The van der Waals surface area contributed by atoms with Gasteiger partial charge in [0.1, 0.15) is 6.10 Å². The average Bonchev–Trinajstić information content (AvgIpc) is 2.78. The van der Waals surface area contributed by atoms with E-state index in [2.05, 4.69) is 40.6 Å². The van der Waals surface area contributed by atoms with E-state index in [0.717, 1.165) is 56.4 Å². The summed E-state index contributed by atoms with van der Waals surface area (Å²) in [5, 5.41) is 12.4. The molecular weight excluding hydrogens is 374 g/mol. The summed E-state index contributed by atoms with van der Waals surface area (Å²) in [7, 11) is 0. The SMILES string of the molecule is N#Cc1ccc2c(c1)CC(NC(=O)OC1CCCCC1)CN2CCc1ccccc1. The van der Waals surface area contributed by atoms with Gasteiger partial charge in [0.15, 0.2) is 0 Å². The minimum absolute atomic E-state index is 0.0293. The molecule has 30 heavy (non-hydrogen) atoms. The van der Waals surface area contributed by atoms with Gasteiger partial charge in [0, 0.05) is 18.8 Å². The molecule has 5 nitrogen and oxygen atoms in total. The highest BCUT2D eigenvalue weighted by atomic mass is 16.6. The van der Waals surface area contributed by atoms with Gasteiger partial charge in [0.2, 0.25) is 0 Å². The molecule has 2 aliphatic rings. The predicted octanol–water partition coefficient (Wildman–Crippen LogP) is 4.59. The Hall–Kier alpha value is -3.00. The van der Waals surface area contributed by atoms with Gasteiger partial charge in [-0.15, -0.1) is 0 Å². The number of nitriles is 1. The summed E-state index contributed by atoms with van der Waals surface area (Å²) >= 11 is 0. The van der Waals surface area contributed by atoms with Crippen molar-refractivity contribution >= 4 is 11.8 Å². The topological polar surface area (TPSA) is 65.4 Å². The zero-order valence-electron chi connectivity index (χ0n) is 17.3. The maximum absolute atomic E-state index is 12.5. The van der Waals surface area contributed by atoms with Crippen LogP contribution in [0.1, 0.15) is 48.8 Å². The van der Waals surface area contributed by atoms with Crippen molar-refractivity contribution in [2.24, 2.45) is 0 Å². The molecule has 1 saturated carbocycles. The monoisotopic (exact) mass is 403 g/mol. The molecule has 5 heteroatoms. The summed E-state index contributed by atoms with van der Waals surface area (Å²) < 4.78 is 5.67. The molecule has 0 radical (unpaired) electrons. The van der Waals surface area contributed by atoms with E-state index in [9.17, 15) is 10.1 Å². The van der Waals surface area contributed by atoms with Gasteiger partial charge in [0.05, 0.1) is 17.7 Å². The number of carbonyl (C=O) groups is 1. The van der Waals surface area contributed by atoms with E-state index in [-0.39, 0.29) is 18.2 Å². The lowest BCUT2D eigenvalue weighted by atomic mass is 9.95. The molecule has 2 aromatic carbocycles. The predicted molar refractivity (Wildman–Crippen MR) is 117 cm³/mol. The van der Waals surface area contributed by atoms with Gasteiger partial charge >= 0.3 is 6.09 Å². The number of nitrogens with one attached hydrogen (secondary N) is 1. The van der Waals surface area contributed by atoms with Gasteiger partial charge in [-0.1, -0.05) is 36.8 Å². The Morgan fingerprint density at radius 2 is 1.93 bits per heavy atom. The van der Waals surface area contributed by atoms with Crippen molar-refractivity contribution in [2.75, 3.05) is 18.0 Å². The van der Waals surface area contributed by atoms with Crippen LogP contribution in [-0.2, 0) is 17.6 Å². The van der Waals surface area contributed by atoms with Gasteiger partial charge in [-0.3, -0.25) is 0 Å². The quantitative estimate of drug-likeness (QED) is 0.793. The van der Waals surface area contributed by atoms with E-state index in [4.69, 9.17) is 4.74 Å². The minimum Gasteiger partial charge on any atom is -0.446 e. The Bertz CT molecular complexity index is 900. The number of hydrogen-bond donors (Lipinski definition) is 1. The van der Waals surface area contributed by atoms with Gasteiger partial charge < -0.3 is 15.0 Å². The number of carbonyl (C=O) groups excluding carboxylic acids is 1. The smallest absolute Gasteiger partial charge is 0.407 e. The lowest BCUT2D eigenvalue weighted by molar-refractivity contribution is 0.0729. The van der Waals surface area contributed by atoms with E-state index in [0.29, 0.717) is 12.0 Å². The fraction of sp³-hybridized carbons (Fsp3) is 0.440. The first-order chi connectivity index (χ1) is 14.7. The van der Waals surface area contributed by atoms with Crippen molar-refractivity contribution in [3.8, 4) is 6.07 Å². The summed E-state index contributed by atoms with van der Waals surface area (Å²) in [4.78, 5) is 14.8. The first-order valence-corrected chi connectivity index (χ1v) is 11.0. The van der Waals surface area contributed by atoms with Crippen molar-refractivity contribution in [2.45, 2.75) is 57.1 Å². The van der Waals surface area contributed by atoms with Crippen LogP contribution in [0.3, 0.4) is 0 Å². The molecule has 1 N–H and O–H groups in total. The fourth-order valence-electron chi connectivity index (χ4n) is 4.57. The Labute approximate surface area is 178 Å².